The Morgan fingerprint density at radius 1 is 0.750 bits per heavy atom. The monoisotopic (exact) mass is 336 g/mol. The van der Waals surface area contributed by atoms with Gasteiger partial charge in [0.15, 0.2) is 0 Å². The SMILES string of the molecule is C=C(C(=O)OC)C(C(=O)OC)=C(N1CCCCC1)N1CCCCC1. The molecule has 2 fully saturated rings. The van der Waals surface area contributed by atoms with Crippen LogP contribution in [-0.4, -0.2) is 62.1 Å². The Balaban J connectivity index is 2.49. The van der Waals surface area contributed by atoms with Gasteiger partial charge in [0.2, 0.25) is 0 Å². The molecular formula is C18H28N2O4. The number of carbonyl (C=O) groups is 2. The highest BCUT2D eigenvalue weighted by atomic mass is 16.5. The van der Waals surface area contributed by atoms with E-state index in [1.807, 2.05) is 0 Å². The van der Waals surface area contributed by atoms with Gasteiger partial charge in [-0.15, -0.1) is 0 Å². The summed E-state index contributed by atoms with van der Waals surface area (Å²) < 4.78 is 9.77. The van der Waals surface area contributed by atoms with Crippen LogP contribution in [0.4, 0.5) is 0 Å². The molecule has 0 aromatic heterocycles. The zero-order chi connectivity index (χ0) is 17.5. The van der Waals surface area contributed by atoms with Gasteiger partial charge in [-0.3, -0.25) is 0 Å². The van der Waals surface area contributed by atoms with Gasteiger partial charge in [0.1, 0.15) is 11.4 Å². The molecule has 0 aromatic carbocycles. The zero-order valence-corrected chi connectivity index (χ0v) is 14.8. The van der Waals surface area contributed by atoms with Gasteiger partial charge >= 0.3 is 11.9 Å². The van der Waals surface area contributed by atoms with Gasteiger partial charge in [0.25, 0.3) is 0 Å². The predicted octanol–water partition coefficient (Wildman–Crippen LogP) is 2.07. The van der Waals surface area contributed by atoms with Crippen molar-refractivity contribution in [2.24, 2.45) is 0 Å². The number of carbonyl (C=O) groups excluding carboxylic acids is 2. The summed E-state index contributed by atoms with van der Waals surface area (Å²) in [5.41, 5.74) is 0.309. The van der Waals surface area contributed by atoms with E-state index in [0.29, 0.717) is 0 Å². The van der Waals surface area contributed by atoms with Crippen LogP contribution in [0.2, 0.25) is 0 Å². The summed E-state index contributed by atoms with van der Waals surface area (Å²) in [6.45, 7) is 7.32. The highest BCUT2D eigenvalue weighted by Crippen LogP contribution is 2.28. The van der Waals surface area contributed by atoms with E-state index in [2.05, 4.69) is 16.4 Å². The Hall–Kier alpha value is -1.98. The van der Waals surface area contributed by atoms with Crippen molar-refractivity contribution in [1.82, 2.24) is 9.80 Å². The van der Waals surface area contributed by atoms with Gasteiger partial charge in [0.05, 0.1) is 19.8 Å². The van der Waals surface area contributed by atoms with E-state index in [4.69, 9.17) is 9.47 Å². The van der Waals surface area contributed by atoms with Crippen molar-refractivity contribution in [3.63, 3.8) is 0 Å². The first-order valence-electron chi connectivity index (χ1n) is 8.70. The molecule has 6 nitrogen and oxygen atoms in total. The number of methoxy groups -OCH3 is 2. The van der Waals surface area contributed by atoms with Gasteiger partial charge in [-0.05, 0) is 38.5 Å². The fourth-order valence-corrected chi connectivity index (χ4v) is 3.40. The Labute approximate surface area is 144 Å². The lowest BCUT2D eigenvalue weighted by Crippen LogP contribution is -2.43. The standard InChI is InChI=1S/C18H28N2O4/c1-14(17(21)23-2)15(18(22)24-3)16(19-10-6-4-7-11-19)20-12-8-5-9-13-20/h1,4-13H2,2-3H3. The fraction of sp³-hybridized carbons (Fsp3) is 0.667. The van der Waals surface area contributed by atoms with Crippen LogP contribution in [0.1, 0.15) is 38.5 Å². The second kappa shape index (κ2) is 8.76. The molecule has 0 radical (unpaired) electrons. The molecular weight excluding hydrogens is 308 g/mol. The molecule has 0 aliphatic carbocycles. The van der Waals surface area contributed by atoms with E-state index in [1.54, 1.807) is 0 Å². The van der Waals surface area contributed by atoms with Crippen molar-refractivity contribution < 1.29 is 19.1 Å². The molecule has 134 valence electrons. The molecule has 2 aliphatic rings. The minimum Gasteiger partial charge on any atom is -0.465 e. The van der Waals surface area contributed by atoms with E-state index < -0.39 is 11.9 Å². The predicted molar refractivity (Wildman–Crippen MR) is 91.0 cm³/mol. The summed E-state index contributed by atoms with van der Waals surface area (Å²) in [5, 5.41) is 0. The van der Waals surface area contributed by atoms with Crippen LogP contribution in [0.5, 0.6) is 0 Å². The van der Waals surface area contributed by atoms with Crippen LogP contribution in [0, 0.1) is 0 Å². The quantitative estimate of drug-likeness (QED) is 0.435. The topological polar surface area (TPSA) is 59.1 Å². The summed E-state index contributed by atoms with van der Waals surface area (Å²) in [5.74, 6) is -0.338. The summed E-state index contributed by atoms with van der Waals surface area (Å²) in [6, 6.07) is 0. The molecule has 0 atom stereocenters. The van der Waals surface area contributed by atoms with Crippen LogP contribution in [0.25, 0.3) is 0 Å². The van der Waals surface area contributed by atoms with Gasteiger partial charge in [-0.2, -0.15) is 0 Å². The number of ether oxygens (including phenoxy) is 2. The molecule has 0 saturated carbocycles. The molecule has 0 bridgehead atoms. The average molecular weight is 336 g/mol. The Kier molecular flexibility index (Phi) is 6.70. The number of likely N-dealkylation sites (tertiary alicyclic amines) is 2. The lowest BCUT2D eigenvalue weighted by atomic mass is 10.0. The lowest BCUT2D eigenvalue weighted by molar-refractivity contribution is -0.139. The molecule has 6 heteroatoms. The van der Waals surface area contributed by atoms with E-state index in [0.717, 1.165) is 57.7 Å². The van der Waals surface area contributed by atoms with E-state index in [9.17, 15) is 9.59 Å². The second-order valence-electron chi connectivity index (χ2n) is 6.26. The Morgan fingerprint density at radius 2 is 1.17 bits per heavy atom. The molecule has 0 aromatic rings. The number of hydrogen-bond acceptors (Lipinski definition) is 6. The third-order valence-electron chi connectivity index (χ3n) is 4.66. The normalized spacial score (nSPS) is 17.9. The summed E-state index contributed by atoms with van der Waals surface area (Å²) in [6.07, 6.45) is 6.70. The van der Waals surface area contributed by atoms with Crippen LogP contribution in [-0.2, 0) is 19.1 Å². The van der Waals surface area contributed by atoms with Crippen molar-refractivity contribution in [2.45, 2.75) is 38.5 Å². The first-order chi connectivity index (χ1) is 11.6. The Morgan fingerprint density at radius 3 is 1.54 bits per heavy atom. The maximum Gasteiger partial charge on any atom is 0.342 e. The molecule has 0 spiro atoms. The van der Waals surface area contributed by atoms with Crippen LogP contribution in [0.3, 0.4) is 0 Å². The molecule has 24 heavy (non-hydrogen) atoms. The van der Waals surface area contributed by atoms with Gasteiger partial charge < -0.3 is 19.3 Å². The Bertz CT molecular complexity index is 495. The van der Waals surface area contributed by atoms with Crippen LogP contribution in [0.15, 0.2) is 23.5 Å². The molecule has 0 unspecified atom stereocenters. The molecule has 2 rings (SSSR count). The number of rotatable bonds is 5. The summed E-state index contributed by atoms with van der Waals surface area (Å²) in [4.78, 5) is 28.9. The maximum atomic E-state index is 12.5. The number of esters is 2. The molecule has 0 N–H and O–H groups in total. The van der Waals surface area contributed by atoms with Crippen molar-refractivity contribution in [1.29, 1.82) is 0 Å². The van der Waals surface area contributed by atoms with Crippen LogP contribution >= 0.6 is 0 Å². The molecule has 2 heterocycles. The molecule has 2 saturated heterocycles. The van der Waals surface area contributed by atoms with Gasteiger partial charge in [-0.1, -0.05) is 6.58 Å². The van der Waals surface area contributed by atoms with Crippen molar-refractivity contribution in [2.75, 3.05) is 40.4 Å². The highest BCUT2D eigenvalue weighted by Gasteiger charge is 2.32. The third kappa shape index (κ3) is 4.10. The zero-order valence-electron chi connectivity index (χ0n) is 14.8. The van der Waals surface area contributed by atoms with Crippen molar-refractivity contribution in [3.8, 4) is 0 Å². The van der Waals surface area contributed by atoms with E-state index >= 15 is 0 Å². The first-order valence-corrected chi connectivity index (χ1v) is 8.70. The fourth-order valence-electron chi connectivity index (χ4n) is 3.40. The third-order valence-corrected chi connectivity index (χ3v) is 4.66. The lowest BCUT2D eigenvalue weighted by Gasteiger charge is -2.41. The second-order valence-corrected chi connectivity index (χ2v) is 6.26. The first kappa shape index (κ1) is 18.4. The molecule has 2 aliphatic heterocycles. The van der Waals surface area contributed by atoms with E-state index in [-0.39, 0.29) is 11.1 Å². The minimum absolute atomic E-state index is 0.0653. The smallest absolute Gasteiger partial charge is 0.342 e. The summed E-state index contributed by atoms with van der Waals surface area (Å²) >= 11 is 0. The summed E-state index contributed by atoms with van der Waals surface area (Å²) in [7, 11) is 2.63. The number of nitrogens with zero attached hydrogens (tertiary/aromatic N) is 2. The van der Waals surface area contributed by atoms with Crippen LogP contribution < -0.4 is 0 Å². The number of hydrogen-bond donors (Lipinski definition) is 0. The van der Waals surface area contributed by atoms with Crippen molar-refractivity contribution in [3.05, 3.63) is 23.5 Å². The largest absolute Gasteiger partial charge is 0.465 e. The van der Waals surface area contributed by atoms with Gasteiger partial charge in [0, 0.05) is 26.2 Å². The van der Waals surface area contributed by atoms with E-state index in [1.165, 1.54) is 27.1 Å². The molecule has 0 amide bonds. The van der Waals surface area contributed by atoms with Gasteiger partial charge in [-0.25, -0.2) is 9.59 Å². The average Bonchev–Trinajstić information content (AvgIpc) is 2.65. The maximum absolute atomic E-state index is 12.5. The highest BCUT2D eigenvalue weighted by molar-refractivity contribution is 6.06. The van der Waals surface area contributed by atoms with Crippen molar-refractivity contribution >= 4 is 11.9 Å². The number of piperidine rings is 2. The minimum atomic E-state index is -0.595.